The van der Waals surface area contributed by atoms with Gasteiger partial charge in [0.25, 0.3) is 0 Å². The fourth-order valence-corrected chi connectivity index (χ4v) is 1.15. The van der Waals surface area contributed by atoms with Gasteiger partial charge >= 0.3 is 0 Å². The number of hydrogen-bond acceptors (Lipinski definition) is 4. The molecule has 0 amide bonds. The summed E-state index contributed by atoms with van der Waals surface area (Å²) in [5.74, 6) is 0.415. The van der Waals surface area contributed by atoms with Crippen molar-refractivity contribution in [3.63, 3.8) is 0 Å². The van der Waals surface area contributed by atoms with Crippen molar-refractivity contribution in [1.29, 1.82) is 0 Å². The van der Waals surface area contributed by atoms with Crippen LogP contribution in [0, 0.1) is 6.92 Å². The van der Waals surface area contributed by atoms with Crippen LogP contribution in [0.1, 0.15) is 5.69 Å². The molecule has 0 atom stereocenters. The Labute approximate surface area is 68.6 Å². The molecular formula is C7H8N4O. The molecule has 2 aromatic heterocycles. The summed E-state index contributed by atoms with van der Waals surface area (Å²) in [4.78, 5) is 3.85. The summed E-state index contributed by atoms with van der Waals surface area (Å²) < 4.78 is 1.70. The largest absolute Gasteiger partial charge is 0.290 e. The Balaban J connectivity index is 2.81. The molecular weight excluding hydrogens is 156 g/mol. The minimum absolute atomic E-state index is 0.415. The smallest absolute Gasteiger partial charge is 0.177 e. The molecule has 0 saturated carbocycles. The van der Waals surface area contributed by atoms with Crippen molar-refractivity contribution >= 4 is 11.3 Å². The van der Waals surface area contributed by atoms with Crippen molar-refractivity contribution in [3.8, 4) is 0 Å². The second-order valence-corrected chi connectivity index (χ2v) is 2.49. The highest BCUT2D eigenvalue weighted by molar-refractivity contribution is 5.66. The lowest BCUT2D eigenvalue weighted by molar-refractivity contribution is 0.386. The summed E-state index contributed by atoms with van der Waals surface area (Å²) in [7, 11) is 0. The topological polar surface area (TPSA) is 62.5 Å². The third kappa shape index (κ3) is 0.835. The van der Waals surface area contributed by atoms with Crippen molar-refractivity contribution in [2.45, 2.75) is 6.92 Å². The van der Waals surface area contributed by atoms with Gasteiger partial charge in [0.2, 0.25) is 0 Å². The number of anilines is 1. The molecule has 0 saturated heterocycles. The van der Waals surface area contributed by atoms with Gasteiger partial charge in [-0.25, -0.2) is 9.50 Å². The number of aromatic nitrogens is 3. The Morgan fingerprint density at radius 3 is 3.08 bits per heavy atom. The Bertz CT molecular complexity index is 409. The zero-order valence-electron chi connectivity index (χ0n) is 6.52. The van der Waals surface area contributed by atoms with E-state index < -0.39 is 0 Å². The van der Waals surface area contributed by atoms with Gasteiger partial charge in [0, 0.05) is 5.69 Å². The third-order valence-electron chi connectivity index (χ3n) is 1.75. The predicted octanol–water partition coefficient (Wildman–Crippen LogP) is 0.839. The molecule has 2 aromatic rings. The molecule has 0 unspecified atom stereocenters. The van der Waals surface area contributed by atoms with Gasteiger partial charge in [-0.15, -0.1) is 0 Å². The summed E-state index contributed by atoms with van der Waals surface area (Å²) in [6, 6.07) is 3.75. The standard InChI is InChI=1S/C7H8N4O/c1-5-2-3-6-7(10-12)8-4-9-11(5)6/h2-4,12H,1H3,(H,8,9,10). The van der Waals surface area contributed by atoms with Crippen molar-refractivity contribution in [1.82, 2.24) is 14.6 Å². The van der Waals surface area contributed by atoms with Crippen LogP contribution < -0.4 is 5.48 Å². The molecule has 12 heavy (non-hydrogen) atoms. The van der Waals surface area contributed by atoms with E-state index in [0.29, 0.717) is 5.82 Å². The van der Waals surface area contributed by atoms with E-state index in [9.17, 15) is 0 Å². The zero-order valence-corrected chi connectivity index (χ0v) is 6.52. The van der Waals surface area contributed by atoms with E-state index in [1.165, 1.54) is 6.33 Å². The maximum atomic E-state index is 8.69. The zero-order chi connectivity index (χ0) is 8.55. The number of rotatable bonds is 1. The molecule has 2 rings (SSSR count). The van der Waals surface area contributed by atoms with Crippen molar-refractivity contribution < 1.29 is 5.21 Å². The molecule has 0 aliphatic carbocycles. The van der Waals surface area contributed by atoms with Crippen LogP contribution in [0.25, 0.3) is 5.52 Å². The van der Waals surface area contributed by atoms with Crippen LogP contribution in [-0.2, 0) is 0 Å². The second kappa shape index (κ2) is 2.46. The molecule has 0 aromatic carbocycles. The molecule has 5 heteroatoms. The molecule has 0 radical (unpaired) electrons. The van der Waals surface area contributed by atoms with E-state index in [2.05, 4.69) is 10.1 Å². The van der Waals surface area contributed by atoms with Gasteiger partial charge in [-0.05, 0) is 19.1 Å². The number of hydrogen-bond donors (Lipinski definition) is 2. The van der Waals surface area contributed by atoms with Crippen molar-refractivity contribution in [3.05, 3.63) is 24.2 Å². The van der Waals surface area contributed by atoms with Crippen LogP contribution >= 0.6 is 0 Å². The lowest BCUT2D eigenvalue weighted by atomic mass is 10.5. The van der Waals surface area contributed by atoms with Gasteiger partial charge in [-0.2, -0.15) is 5.10 Å². The van der Waals surface area contributed by atoms with E-state index in [0.717, 1.165) is 11.2 Å². The van der Waals surface area contributed by atoms with Crippen LogP contribution in [0.5, 0.6) is 0 Å². The highest BCUT2D eigenvalue weighted by atomic mass is 16.5. The minimum Gasteiger partial charge on any atom is -0.290 e. The lowest BCUT2D eigenvalue weighted by Crippen LogP contribution is -2.00. The van der Waals surface area contributed by atoms with Crippen LogP contribution in [0.4, 0.5) is 5.82 Å². The first-order valence-corrected chi connectivity index (χ1v) is 3.52. The molecule has 0 spiro atoms. The van der Waals surface area contributed by atoms with Crippen LogP contribution in [0.2, 0.25) is 0 Å². The fraction of sp³-hybridized carbons (Fsp3) is 0.143. The normalized spacial score (nSPS) is 10.5. The van der Waals surface area contributed by atoms with E-state index in [1.807, 2.05) is 24.5 Å². The molecule has 62 valence electrons. The van der Waals surface area contributed by atoms with Crippen molar-refractivity contribution in [2.75, 3.05) is 5.48 Å². The number of fused-ring (bicyclic) bond motifs is 1. The molecule has 0 aliphatic rings. The summed E-state index contributed by atoms with van der Waals surface area (Å²) >= 11 is 0. The van der Waals surface area contributed by atoms with Crippen LogP contribution in [0.3, 0.4) is 0 Å². The first kappa shape index (κ1) is 7.05. The predicted molar refractivity (Wildman–Crippen MR) is 43.1 cm³/mol. The molecule has 0 fully saturated rings. The first-order valence-electron chi connectivity index (χ1n) is 3.52. The molecule has 2 heterocycles. The maximum Gasteiger partial charge on any atom is 0.177 e. The summed E-state index contributed by atoms with van der Waals surface area (Å²) in [6.45, 7) is 1.93. The Morgan fingerprint density at radius 2 is 2.33 bits per heavy atom. The SMILES string of the molecule is Cc1ccc2c(NO)ncnn12. The van der Waals surface area contributed by atoms with E-state index >= 15 is 0 Å². The summed E-state index contributed by atoms with van der Waals surface area (Å²) in [6.07, 6.45) is 1.39. The molecule has 0 aliphatic heterocycles. The van der Waals surface area contributed by atoms with Gasteiger partial charge in [-0.3, -0.25) is 10.7 Å². The van der Waals surface area contributed by atoms with E-state index in [1.54, 1.807) is 4.52 Å². The van der Waals surface area contributed by atoms with Gasteiger partial charge in [0.05, 0.1) is 0 Å². The fourth-order valence-electron chi connectivity index (χ4n) is 1.15. The third-order valence-corrected chi connectivity index (χ3v) is 1.75. The minimum atomic E-state index is 0.415. The van der Waals surface area contributed by atoms with Crippen molar-refractivity contribution in [2.24, 2.45) is 0 Å². The number of aryl methyl sites for hydroxylation is 1. The summed E-state index contributed by atoms with van der Waals surface area (Å²) in [5, 5.41) is 12.7. The quantitative estimate of drug-likeness (QED) is 0.613. The number of nitrogens with zero attached hydrogens (tertiary/aromatic N) is 3. The Morgan fingerprint density at radius 1 is 1.50 bits per heavy atom. The average molecular weight is 164 g/mol. The van der Waals surface area contributed by atoms with Gasteiger partial charge in [-0.1, -0.05) is 0 Å². The van der Waals surface area contributed by atoms with Gasteiger partial charge < -0.3 is 0 Å². The van der Waals surface area contributed by atoms with E-state index in [4.69, 9.17) is 5.21 Å². The Kier molecular flexibility index (Phi) is 1.44. The highest BCUT2D eigenvalue weighted by Crippen LogP contribution is 2.13. The van der Waals surface area contributed by atoms with Gasteiger partial charge in [0.15, 0.2) is 5.82 Å². The first-order chi connectivity index (χ1) is 5.83. The molecule has 2 N–H and O–H groups in total. The van der Waals surface area contributed by atoms with Gasteiger partial charge in [0.1, 0.15) is 11.8 Å². The second-order valence-electron chi connectivity index (χ2n) is 2.49. The average Bonchev–Trinajstić information content (AvgIpc) is 2.48. The van der Waals surface area contributed by atoms with Crippen LogP contribution in [0.15, 0.2) is 18.5 Å². The number of nitrogens with one attached hydrogen (secondary N) is 1. The Hall–Kier alpha value is -1.62. The molecule has 0 bridgehead atoms. The maximum absolute atomic E-state index is 8.69. The monoisotopic (exact) mass is 164 g/mol. The molecule has 5 nitrogen and oxygen atoms in total. The highest BCUT2D eigenvalue weighted by Gasteiger charge is 2.03. The lowest BCUT2D eigenvalue weighted by Gasteiger charge is -2.00. The van der Waals surface area contributed by atoms with Crippen LogP contribution in [-0.4, -0.2) is 19.8 Å². The van der Waals surface area contributed by atoms with E-state index in [-0.39, 0.29) is 0 Å². The summed E-state index contributed by atoms with van der Waals surface area (Å²) in [5.41, 5.74) is 3.78.